The minimum Gasteiger partial charge on any atom is -0.495 e. The van der Waals surface area contributed by atoms with Crippen LogP contribution in [0, 0.1) is 0 Å². The number of anilines is 1. The molecule has 0 bridgehead atoms. The molecule has 0 radical (unpaired) electrons. The summed E-state index contributed by atoms with van der Waals surface area (Å²) in [7, 11) is 1.59. The molecule has 0 saturated heterocycles. The highest BCUT2D eigenvalue weighted by atomic mass is 16.5. The first kappa shape index (κ1) is 9.58. The molecule has 0 heterocycles. The van der Waals surface area contributed by atoms with E-state index in [0.29, 0.717) is 11.3 Å². The number of ether oxygens (including phenoxy) is 1. The van der Waals surface area contributed by atoms with E-state index in [2.05, 4.69) is 5.32 Å². The highest BCUT2D eigenvalue weighted by Crippen LogP contribution is 2.26. The van der Waals surface area contributed by atoms with E-state index in [4.69, 9.17) is 4.74 Å². The van der Waals surface area contributed by atoms with Crippen LogP contribution >= 0.6 is 0 Å². The maximum atomic E-state index is 10.7. The van der Waals surface area contributed by atoms with E-state index in [1.165, 1.54) is 0 Å². The molecule has 0 amide bonds. The van der Waals surface area contributed by atoms with Gasteiger partial charge in [0.05, 0.1) is 12.8 Å². The zero-order chi connectivity index (χ0) is 9.68. The highest BCUT2D eigenvalue weighted by Gasteiger charge is 2.05. The summed E-state index contributed by atoms with van der Waals surface area (Å²) in [5, 5.41) is 3.09. The van der Waals surface area contributed by atoms with Crippen molar-refractivity contribution in [3.8, 4) is 5.75 Å². The SMILES string of the molecule is CCNc1c(C=O)cccc1OC. The monoisotopic (exact) mass is 179 g/mol. The van der Waals surface area contributed by atoms with Gasteiger partial charge in [0, 0.05) is 12.1 Å². The van der Waals surface area contributed by atoms with Gasteiger partial charge in [-0.15, -0.1) is 0 Å². The second-order valence-corrected chi connectivity index (χ2v) is 2.57. The molecule has 70 valence electrons. The number of nitrogens with one attached hydrogen (secondary N) is 1. The van der Waals surface area contributed by atoms with Gasteiger partial charge in [-0.05, 0) is 19.1 Å². The number of carbonyl (C=O) groups excluding carboxylic acids is 1. The second kappa shape index (κ2) is 4.50. The van der Waals surface area contributed by atoms with Crippen LogP contribution in [-0.2, 0) is 0 Å². The first-order valence-electron chi connectivity index (χ1n) is 4.19. The van der Waals surface area contributed by atoms with Crippen molar-refractivity contribution in [3.05, 3.63) is 23.8 Å². The van der Waals surface area contributed by atoms with E-state index in [1.54, 1.807) is 19.2 Å². The molecular weight excluding hydrogens is 166 g/mol. The highest BCUT2D eigenvalue weighted by molar-refractivity contribution is 5.86. The van der Waals surface area contributed by atoms with E-state index >= 15 is 0 Å². The van der Waals surface area contributed by atoms with Crippen molar-refractivity contribution in [2.75, 3.05) is 19.0 Å². The summed E-state index contributed by atoms with van der Waals surface area (Å²) in [4.78, 5) is 10.7. The second-order valence-electron chi connectivity index (χ2n) is 2.57. The molecule has 0 unspecified atom stereocenters. The molecule has 1 N–H and O–H groups in total. The maximum absolute atomic E-state index is 10.7. The Kier molecular flexibility index (Phi) is 3.31. The molecule has 0 aromatic heterocycles. The summed E-state index contributed by atoms with van der Waals surface area (Å²) in [6.45, 7) is 2.74. The van der Waals surface area contributed by atoms with Crippen LogP contribution in [0.25, 0.3) is 0 Å². The van der Waals surface area contributed by atoms with Crippen molar-refractivity contribution in [1.29, 1.82) is 0 Å². The van der Waals surface area contributed by atoms with Gasteiger partial charge in [-0.25, -0.2) is 0 Å². The Morgan fingerprint density at radius 2 is 2.31 bits per heavy atom. The molecule has 1 rings (SSSR count). The Labute approximate surface area is 77.7 Å². The first-order chi connectivity index (χ1) is 6.33. The topological polar surface area (TPSA) is 38.3 Å². The van der Waals surface area contributed by atoms with Gasteiger partial charge in [-0.3, -0.25) is 4.79 Å². The van der Waals surface area contributed by atoms with E-state index in [9.17, 15) is 4.79 Å². The molecule has 0 aliphatic rings. The van der Waals surface area contributed by atoms with Crippen LogP contribution in [0.1, 0.15) is 17.3 Å². The van der Waals surface area contributed by atoms with E-state index in [0.717, 1.165) is 18.5 Å². The average Bonchev–Trinajstić information content (AvgIpc) is 2.18. The molecular formula is C10H13NO2. The fourth-order valence-corrected chi connectivity index (χ4v) is 1.18. The van der Waals surface area contributed by atoms with Gasteiger partial charge >= 0.3 is 0 Å². The van der Waals surface area contributed by atoms with Crippen LogP contribution < -0.4 is 10.1 Å². The Morgan fingerprint density at radius 3 is 2.85 bits per heavy atom. The standard InChI is InChI=1S/C10H13NO2/c1-3-11-10-8(7-12)5-4-6-9(10)13-2/h4-7,11H,3H2,1-2H3. The Balaban J connectivity index is 3.12. The van der Waals surface area contributed by atoms with Gasteiger partial charge in [0.15, 0.2) is 6.29 Å². The zero-order valence-electron chi connectivity index (χ0n) is 7.83. The van der Waals surface area contributed by atoms with Crippen molar-refractivity contribution in [3.63, 3.8) is 0 Å². The number of aldehydes is 1. The lowest BCUT2D eigenvalue weighted by atomic mass is 10.2. The number of hydrogen-bond donors (Lipinski definition) is 1. The fourth-order valence-electron chi connectivity index (χ4n) is 1.18. The van der Waals surface area contributed by atoms with Gasteiger partial charge in [0.2, 0.25) is 0 Å². The number of carbonyl (C=O) groups is 1. The molecule has 3 heteroatoms. The number of benzene rings is 1. The quantitative estimate of drug-likeness (QED) is 0.718. The molecule has 13 heavy (non-hydrogen) atoms. The van der Waals surface area contributed by atoms with Crippen LogP contribution in [0.4, 0.5) is 5.69 Å². The molecule has 0 atom stereocenters. The van der Waals surface area contributed by atoms with E-state index < -0.39 is 0 Å². The van der Waals surface area contributed by atoms with Gasteiger partial charge in [-0.2, -0.15) is 0 Å². The molecule has 1 aromatic carbocycles. The molecule has 1 aromatic rings. The van der Waals surface area contributed by atoms with Crippen LogP contribution in [0.2, 0.25) is 0 Å². The summed E-state index contributed by atoms with van der Waals surface area (Å²) < 4.78 is 5.12. The normalized spacial score (nSPS) is 9.38. The minimum atomic E-state index is 0.626. The van der Waals surface area contributed by atoms with Crippen LogP contribution in [0.3, 0.4) is 0 Å². The van der Waals surface area contributed by atoms with Gasteiger partial charge in [0.25, 0.3) is 0 Å². The van der Waals surface area contributed by atoms with Gasteiger partial charge in [0.1, 0.15) is 5.75 Å². The van der Waals surface area contributed by atoms with E-state index in [1.807, 2.05) is 13.0 Å². The number of hydrogen-bond acceptors (Lipinski definition) is 3. The lowest BCUT2D eigenvalue weighted by molar-refractivity contribution is 0.112. The van der Waals surface area contributed by atoms with Crippen molar-refractivity contribution >= 4 is 12.0 Å². The molecule has 3 nitrogen and oxygen atoms in total. The first-order valence-corrected chi connectivity index (χ1v) is 4.19. The lowest BCUT2D eigenvalue weighted by Gasteiger charge is -2.11. The summed E-state index contributed by atoms with van der Waals surface area (Å²) >= 11 is 0. The number of rotatable bonds is 4. The van der Waals surface area contributed by atoms with Crippen molar-refractivity contribution in [2.24, 2.45) is 0 Å². The average molecular weight is 179 g/mol. The lowest BCUT2D eigenvalue weighted by Crippen LogP contribution is -2.02. The zero-order valence-corrected chi connectivity index (χ0v) is 7.83. The maximum Gasteiger partial charge on any atom is 0.152 e. The third-order valence-corrected chi connectivity index (χ3v) is 1.76. The predicted molar refractivity (Wildman–Crippen MR) is 52.5 cm³/mol. The van der Waals surface area contributed by atoms with Crippen molar-refractivity contribution in [1.82, 2.24) is 0 Å². The number of para-hydroxylation sites is 1. The third kappa shape index (κ3) is 1.99. The van der Waals surface area contributed by atoms with Gasteiger partial charge < -0.3 is 10.1 Å². The summed E-state index contributed by atoms with van der Waals surface area (Å²) in [5.41, 5.74) is 1.39. The smallest absolute Gasteiger partial charge is 0.152 e. The molecule has 0 spiro atoms. The van der Waals surface area contributed by atoms with Crippen molar-refractivity contribution in [2.45, 2.75) is 6.92 Å². The summed E-state index contributed by atoms with van der Waals surface area (Å²) in [6, 6.07) is 5.38. The molecule has 0 aliphatic carbocycles. The minimum absolute atomic E-state index is 0.626. The predicted octanol–water partition coefficient (Wildman–Crippen LogP) is 1.94. The Hall–Kier alpha value is -1.51. The Bertz CT molecular complexity index is 297. The van der Waals surface area contributed by atoms with Crippen LogP contribution in [0.15, 0.2) is 18.2 Å². The number of methoxy groups -OCH3 is 1. The third-order valence-electron chi connectivity index (χ3n) is 1.76. The largest absolute Gasteiger partial charge is 0.495 e. The molecule has 0 aliphatic heterocycles. The van der Waals surface area contributed by atoms with Crippen LogP contribution in [0.5, 0.6) is 5.75 Å². The molecule has 0 saturated carbocycles. The van der Waals surface area contributed by atoms with Gasteiger partial charge in [-0.1, -0.05) is 6.07 Å². The van der Waals surface area contributed by atoms with E-state index in [-0.39, 0.29) is 0 Å². The molecule has 0 fully saturated rings. The van der Waals surface area contributed by atoms with Crippen molar-refractivity contribution < 1.29 is 9.53 Å². The fraction of sp³-hybridized carbons (Fsp3) is 0.300. The van der Waals surface area contributed by atoms with Crippen LogP contribution in [-0.4, -0.2) is 19.9 Å². The summed E-state index contributed by atoms with van der Waals surface area (Å²) in [5.74, 6) is 0.700. The Morgan fingerprint density at radius 1 is 1.54 bits per heavy atom. The summed E-state index contributed by atoms with van der Waals surface area (Å²) in [6.07, 6.45) is 0.820.